The fourth-order valence-corrected chi connectivity index (χ4v) is 1.84. The van der Waals surface area contributed by atoms with Gasteiger partial charge in [-0.2, -0.15) is 0 Å². The van der Waals surface area contributed by atoms with Gasteiger partial charge in [0.15, 0.2) is 0 Å². The van der Waals surface area contributed by atoms with Crippen molar-refractivity contribution in [3.05, 3.63) is 40.5 Å². The molecule has 2 rings (SSSR count). The standard InChI is InChI=1S/C12H13BrFN3/c1-12(2,15)11-16-6-10(17-11)7-3-4-9(14)8(13)5-7/h3-6H,15H2,1-2H3,(H,16,17). The van der Waals surface area contributed by atoms with Gasteiger partial charge in [0.1, 0.15) is 11.6 Å². The number of nitrogens with zero attached hydrogens (tertiary/aromatic N) is 1. The van der Waals surface area contributed by atoms with E-state index < -0.39 is 5.54 Å². The smallest absolute Gasteiger partial charge is 0.137 e. The number of imidazole rings is 1. The molecule has 3 N–H and O–H groups in total. The van der Waals surface area contributed by atoms with Gasteiger partial charge in [0.25, 0.3) is 0 Å². The molecule has 2 aromatic rings. The lowest BCUT2D eigenvalue weighted by atomic mass is 10.1. The Morgan fingerprint density at radius 1 is 1.41 bits per heavy atom. The molecule has 1 aromatic carbocycles. The third-order valence-electron chi connectivity index (χ3n) is 2.42. The Morgan fingerprint density at radius 3 is 2.65 bits per heavy atom. The topological polar surface area (TPSA) is 54.7 Å². The maximum atomic E-state index is 13.1. The summed E-state index contributed by atoms with van der Waals surface area (Å²) in [6.07, 6.45) is 1.70. The summed E-state index contributed by atoms with van der Waals surface area (Å²) in [6, 6.07) is 4.81. The fourth-order valence-electron chi connectivity index (χ4n) is 1.46. The Kier molecular flexibility index (Phi) is 3.05. The second kappa shape index (κ2) is 4.23. The average Bonchev–Trinajstić information content (AvgIpc) is 2.70. The van der Waals surface area contributed by atoms with Gasteiger partial charge in [-0.3, -0.25) is 0 Å². The highest BCUT2D eigenvalue weighted by Gasteiger charge is 2.18. The summed E-state index contributed by atoms with van der Waals surface area (Å²) in [5, 5.41) is 0. The molecule has 0 unspecified atom stereocenters. The van der Waals surface area contributed by atoms with Crippen LogP contribution in [0.2, 0.25) is 0 Å². The molecule has 0 spiro atoms. The summed E-state index contributed by atoms with van der Waals surface area (Å²) >= 11 is 3.16. The van der Waals surface area contributed by atoms with Crippen LogP contribution in [-0.4, -0.2) is 9.97 Å². The molecule has 17 heavy (non-hydrogen) atoms. The highest BCUT2D eigenvalue weighted by Crippen LogP contribution is 2.25. The normalized spacial score (nSPS) is 11.8. The molecule has 1 aromatic heterocycles. The van der Waals surface area contributed by atoms with Gasteiger partial charge in [-0.15, -0.1) is 0 Å². The first-order valence-electron chi connectivity index (χ1n) is 5.18. The molecular formula is C12H13BrFN3. The van der Waals surface area contributed by atoms with Gasteiger partial charge >= 0.3 is 0 Å². The molecule has 0 bridgehead atoms. The molecule has 0 aliphatic heterocycles. The van der Waals surface area contributed by atoms with E-state index in [1.807, 2.05) is 13.8 Å². The minimum atomic E-state index is -0.518. The molecule has 0 radical (unpaired) electrons. The lowest BCUT2D eigenvalue weighted by Gasteiger charge is -2.14. The number of nitrogens with two attached hydrogens (primary N) is 1. The van der Waals surface area contributed by atoms with Gasteiger partial charge in [-0.25, -0.2) is 9.37 Å². The summed E-state index contributed by atoms with van der Waals surface area (Å²) in [5.74, 6) is 0.417. The average molecular weight is 298 g/mol. The second-order valence-electron chi connectivity index (χ2n) is 4.50. The largest absolute Gasteiger partial charge is 0.340 e. The van der Waals surface area contributed by atoms with E-state index in [0.717, 1.165) is 11.3 Å². The molecular weight excluding hydrogens is 285 g/mol. The van der Waals surface area contributed by atoms with Crippen LogP contribution in [0.3, 0.4) is 0 Å². The summed E-state index contributed by atoms with van der Waals surface area (Å²) < 4.78 is 13.5. The zero-order valence-electron chi connectivity index (χ0n) is 9.59. The molecule has 0 saturated heterocycles. The van der Waals surface area contributed by atoms with Crippen molar-refractivity contribution in [2.24, 2.45) is 5.73 Å². The Hall–Kier alpha value is -1.20. The van der Waals surface area contributed by atoms with Crippen LogP contribution in [0.1, 0.15) is 19.7 Å². The number of H-pyrrole nitrogens is 1. The van der Waals surface area contributed by atoms with Crippen molar-refractivity contribution in [2.45, 2.75) is 19.4 Å². The van der Waals surface area contributed by atoms with E-state index in [1.54, 1.807) is 18.3 Å². The van der Waals surface area contributed by atoms with Gasteiger partial charge in [0, 0.05) is 5.56 Å². The van der Waals surface area contributed by atoms with Gasteiger partial charge in [-0.1, -0.05) is 0 Å². The maximum Gasteiger partial charge on any atom is 0.137 e. The van der Waals surface area contributed by atoms with Crippen LogP contribution in [0, 0.1) is 5.82 Å². The zero-order valence-corrected chi connectivity index (χ0v) is 11.2. The molecule has 0 fully saturated rings. The van der Waals surface area contributed by atoms with Crippen molar-refractivity contribution < 1.29 is 4.39 Å². The molecule has 0 amide bonds. The predicted molar refractivity (Wildman–Crippen MR) is 68.9 cm³/mol. The Labute approximate surface area is 107 Å². The molecule has 0 aliphatic rings. The summed E-state index contributed by atoms with van der Waals surface area (Å²) in [7, 11) is 0. The highest BCUT2D eigenvalue weighted by molar-refractivity contribution is 9.10. The maximum absolute atomic E-state index is 13.1. The van der Waals surface area contributed by atoms with Crippen LogP contribution in [0.15, 0.2) is 28.9 Å². The molecule has 90 valence electrons. The van der Waals surface area contributed by atoms with E-state index >= 15 is 0 Å². The zero-order chi connectivity index (χ0) is 12.6. The number of hydrogen-bond acceptors (Lipinski definition) is 2. The fraction of sp³-hybridized carbons (Fsp3) is 0.250. The Morgan fingerprint density at radius 2 is 2.12 bits per heavy atom. The molecule has 0 saturated carbocycles. The first-order chi connectivity index (χ1) is 7.88. The van der Waals surface area contributed by atoms with Crippen molar-refractivity contribution >= 4 is 15.9 Å². The lowest BCUT2D eigenvalue weighted by molar-refractivity contribution is 0.520. The van der Waals surface area contributed by atoms with Crippen LogP contribution in [0.5, 0.6) is 0 Å². The van der Waals surface area contributed by atoms with E-state index in [2.05, 4.69) is 25.9 Å². The lowest BCUT2D eigenvalue weighted by Crippen LogP contribution is -2.30. The van der Waals surface area contributed by atoms with Gasteiger partial charge in [-0.05, 0) is 48.0 Å². The number of aromatic nitrogens is 2. The third kappa shape index (κ3) is 2.56. The summed E-state index contributed by atoms with van der Waals surface area (Å²) in [5.41, 5.74) is 7.10. The molecule has 5 heteroatoms. The van der Waals surface area contributed by atoms with Crippen molar-refractivity contribution in [3.63, 3.8) is 0 Å². The van der Waals surface area contributed by atoms with Crippen molar-refractivity contribution in [1.82, 2.24) is 9.97 Å². The second-order valence-corrected chi connectivity index (χ2v) is 5.35. The monoisotopic (exact) mass is 297 g/mol. The number of benzene rings is 1. The number of rotatable bonds is 2. The van der Waals surface area contributed by atoms with Crippen LogP contribution in [-0.2, 0) is 5.54 Å². The van der Waals surface area contributed by atoms with Crippen molar-refractivity contribution in [1.29, 1.82) is 0 Å². The molecule has 3 nitrogen and oxygen atoms in total. The van der Waals surface area contributed by atoms with Crippen LogP contribution >= 0.6 is 15.9 Å². The number of nitrogens with one attached hydrogen (secondary N) is 1. The van der Waals surface area contributed by atoms with E-state index in [4.69, 9.17) is 5.73 Å². The summed E-state index contributed by atoms with van der Waals surface area (Å²) in [6.45, 7) is 3.74. The molecule has 0 atom stereocenters. The quantitative estimate of drug-likeness (QED) is 0.894. The van der Waals surface area contributed by atoms with Crippen LogP contribution in [0.4, 0.5) is 4.39 Å². The minimum absolute atomic E-state index is 0.285. The highest BCUT2D eigenvalue weighted by atomic mass is 79.9. The first kappa shape index (κ1) is 12.3. The SMILES string of the molecule is CC(C)(N)c1ncc(-c2ccc(F)c(Br)c2)[nH]1. The van der Waals surface area contributed by atoms with E-state index in [-0.39, 0.29) is 5.82 Å². The third-order valence-corrected chi connectivity index (χ3v) is 3.02. The van der Waals surface area contributed by atoms with E-state index in [0.29, 0.717) is 10.3 Å². The number of hydrogen-bond donors (Lipinski definition) is 2. The molecule has 0 aliphatic carbocycles. The van der Waals surface area contributed by atoms with E-state index in [1.165, 1.54) is 6.07 Å². The van der Waals surface area contributed by atoms with Crippen LogP contribution < -0.4 is 5.73 Å². The number of aromatic amines is 1. The van der Waals surface area contributed by atoms with E-state index in [9.17, 15) is 4.39 Å². The van der Waals surface area contributed by atoms with Gasteiger partial charge in [0.2, 0.25) is 0 Å². The van der Waals surface area contributed by atoms with Crippen molar-refractivity contribution in [3.8, 4) is 11.3 Å². The predicted octanol–water partition coefficient (Wildman–Crippen LogP) is 3.17. The molecule has 1 heterocycles. The van der Waals surface area contributed by atoms with Gasteiger partial charge < -0.3 is 10.7 Å². The Bertz CT molecular complexity index is 543. The minimum Gasteiger partial charge on any atom is -0.340 e. The van der Waals surface area contributed by atoms with Gasteiger partial charge in [0.05, 0.1) is 21.9 Å². The number of halogens is 2. The van der Waals surface area contributed by atoms with Crippen LogP contribution in [0.25, 0.3) is 11.3 Å². The van der Waals surface area contributed by atoms with Crippen molar-refractivity contribution in [2.75, 3.05) is 0 Å². The first-order valence-corrected chi connectivity index (χ1v) is 5.97. The Balaban J connectivity index is 2.40. The summed E-state index contributed by atoms with van der Waals surface area (Å²) in [4.78, 5) is 7.36.